The first-order valence-corrected chi connectivity index (χ1v) is 15.6. The molecule has 0 radical (unpaired) electrons. The molecule has 3 aliphatic heterocycles. The Balaban J connectivity index is 1.19. The van der Waals surface area contributed by atoms with E-state index in [1.165, 1.54) is 42.3 Å². The quantitative estimate of drug-likeness (QED) is 0.167. The molecule has 0 saturated heterocycles. The molecule has 40 heavy (non-hydrogen) atoms. The molecule has 0 fully saturated rings. The van der Waals surface area contributed by atoms with E-state index in [0.29, 0.717) is 11.1 Å². The van der Waals surface area contributed by atoms with Gasteiger partial charge in [-0.1, -0.05) is 77.7 Å². The van der Waals surface area contributed by atoms with E-state index in [0.717, 1.165) is 60.0 Å². The van der Waals surface area contributed by atoms with Gasteiger partial charge in [-0.05, 0) is 53.1 Å². The maximum absolute atomic E-state index is 13.9. The highest BCUT2D eigenvalue weighted by Crippen LogP contribution is 2.55. The van der Waals surface area contributed by atoms with Gasteiger partial charge in [-0.15, -0.1) is 0 Å². The maximum atomic E-state index is 13.9. The van der Waals surface area contributed by atoms with Crippen LogP contribution < -0.4 is 9.47 Å². The normalized spacial score (nSPS) is 20.4. The first-order valence-electron chi connectivity index (χ1n) is 14.0. The summed E-state index contributed by atoms with van der Waals surface area (Å²) in [6, 6.07) is 25.8. The average molecular weight is 558 g/mol. The van der Waals surface area contributed by atoms with Crippen LogP contribution in [0.2, 0.25) is 0 Å². The number of ketones is 1. The van der Waals surface area contributed by atoms with Crippen LogP contribution in [0.15, 0.2) is 105 Å². The van der Waals surface area contributed by atoms with Crippen molar-refractivity contribution in [2.45, 2.75) is 37.1 Å². The second-order valence-corrected chi connectivity index (χ2v) is 13.0. The second-order valence-electron chi connectivity index (χ2n) is 11.0. The molecule has 0 unspecified atom stereocenters. The molecule has 4 heterocycles. The maximum Gasteiger partial charge on any atom is 0.266 e. The number of thiazole rings is 1. The predicted molar refractivity (Wildman–Crippen MR) is 164 cm³/mol. The molecule has 0 spiro atoms. The van der Waals surface area contributed by atoms with E-state index < -0.39 is 0 Å². The number of aliphatic hydroxyl groups excluding tert-OH is 1. The van der Waals surface area contributed by atoms with Crippen molar-refractivity contribution in [2.24, 2.45) is 0 Å². The lowest BCUT2D eigenvalue weighted by atomic mass is 9.78. The van der Waals surface area contributed by atoms with Gasteiger partial charge in [0.05, 0.1) is 27.4 Å². The largest absolute Gasteiger partial charge is 0.506 e. The van der Waals surface area contributed by atoms with Crippen LogP contribution in [0.4, 0.5) is 5.69 Å². The van der Waals surface area contributed by atoms with Crippen molar-refractivity contribution in [3.8, 4) is 0 Å². The van der Waals surface area contributed by atoms with Crippen LogP contribution in [0.3, 0.4) is 0 Å². The molecule has 0 saturated carbocycles. The number of allylic oxidation sites excluding steroid dienone is 4. The van der Waals surface area contributed by atoms with Crippen molar-refractivity contribution in [1.82, 2.24) is 0 Å². The number of hydrogen-bond acceptors (Lipinski definition) is 5. The van der Waals surface area contributed by atoms with E-state index in [1.807, 2.05) is 0 Å². The molecular formula is C34H25N2O2S2+. The van der Waals surface area contributed by atoms with Crippen molar-refractivity contribution in [1.29, 1.82) is 0 Å². The number of anilines is 1. The van der Waals surface area contributed by atoms with Gasteiger partial charge in [-0.2, -0.15) is 4.57 Å². The Labute approximate surface area is 239 Å². The van der Waals surface area contributed by atoms with Gasteiger partial charge < -0.3 is 10.0 Å². The minimum Gasteiger partial charge on any atom is -0.506 e. The van der Waals surface area contributed by atoms with Crippen LogP contribution in [0.1, 0.15) is 30.7 Å². The van der Waals surface area contributed by atoms with Gasteiger partial charge >= 0.3 is 0 Å². The third-order valence-corrected chi connectivity index (χ3v) is 11.4. The number of rotatable bonds is 1. The molecule has 1 aromatic heterocycles. The fraction of sp³-hybridized carbons (Fsp3) is 0.176. The van der Waals surface area contributed by atoms with Gasteiger partial charge in [0.1, 0.15) is 10.5 Å². The molecule has 0 amide bonds. The number of carbonyl (C=O) groups is 1. The zero-order valence-corrected chi connectivity index (χ0v) is 23.4. The van der Waals surface area contributed by atoms with Crippen LogP contribution >= 0.6 is 23.1 Å². The standard InChI is InChI=1S/C34H24N2O2S2/c37-29-27(23-11-5-17-35-25-15-13-19-7-1-3-9-21(19)31(25)39-33(23)35)30(38)28(29)24-12-6-18-36-26-16-14-20-8-2-4-10-22(20)32(26)40-34(24)36/h1-4,7-10,13-16H,5-6,11-12,17-18H2/p+1. The van der Waals surface area contributed by atoms with Gasteiger partial charge in [-0.25, -0.2) is 0 Å². The van der Waals surface area contributed by atoms with Crippen LogP contribution in [0, 0.1) is 0 Å². The number of carbonyl (C=O) groups excluding carboxylic acids is 1. The van der Waals surface area contributed by atoms with E-state index >= 15 is 0 Å². The number of aliphatic hydroxyl groups is 1. The lowest BCUT2D eigenvalue weighted by molar-refractivity contribution is -0.672. The van der Waals surface area contributed by atoms with Crippen molar-refractivity contribution in [3.05, 3.63) is 105 Å². The number of nitrogens with zero attached hydrogens (tertiary/aromatic N) is 2. The van der Waals surface area contributed by atoms with Crippen LogP contribution in [0.5, 0.6) is 0 Å². The fourth-order valence-corrected chi connectivity index (χ4v) is 9.78. The van der Waals surface area contributed by atoms with E-state index in [9.17, 15) is 9.90 Å². The molecule has 4 aromatic carbocycles. The summed E-state index contributed by atoms with van der Waals surface area (Å²) in [6.07, 6.45) is 3.55. The third kappa shape index (κ3) is 2.98. The molecule has 4 nitrogen and oxygen atoms in total. The summed E-state index contributed by atoms with van der Waals surface area (Å²) in [5, 5.41) is 18.7. The lowest BCUT2D eigenvalue weighted by Crippen LogP contribution is -2.40. The second kappa shape index (κ2) is 8.32. The van der Waals surface area contributed by atoms with Gasteiger partial charge in [0.2, 0.25) is 11.3 Å². The van der Waals surface area contributed by atoms with Gasteiger partial charge in [0.25, 0.3) is 5.01 Å². The van der Waals surface area contributed by atoms with E-state index in [1.54, 1.807) is 23.1 Å². The number of fused-ring (bicyclic) bond motifs is 10. The summed E-state index contributed by atoms with van der Waals surface area (Å²) in [5.41, 5.74) is 5.52. The van der Waals surface area contributed by atoms with Crippen LogP contribution in [0.25, 0.3) is 37.3 Å². The number of aryl methyl sites for hydroxylation is 1. The number of thioether (sulfide) groups is 1. The highest BCUT2D eigenvalue weighted by molar-refractivity contribution is 8.04. The Kier molecular flexibility index (Phi) is 4.76. The number of benzene rings is 4. The van der Waals surface area contributed by atoms with E-state index in [4.69, 9.17) is 0 Å². The monoisotopic (exact) mass is 557 g/mol. The number of aromatic nitrogens is 1. The highest BCUT2D eigenvalue weighted by atomic mass is 32.2. The van der Waals surface area contributed by atoms with Crippen molar-refractivity contribution < 1.29 is 14.5 Å². The Morgan fingerprint density at radius 2 is 1.55 bits per heavy atom. The van der Waals surface area contributed by atoms with Crippen molar-refractivity contribution in [3.63, 3.8) is 0 Å². The average Bonchev–Trinajstić information content (AvgIpc) is 3.58. The molecule has 0 atom stereocenters. The topological polar surface area (TPSA) is 44.4 Å². The zero-order chi connectivity index (χ0) is 26.5. The molecule has 4 aliphatic rings. The Morgan fingerprint density at radius 1 is 0.800 bits per heavy atom. The van der Waals surface area contributed by atoms with Gasteiger partial charge in [-0.3, -0.25) is 4.79 Å². The lowest BCUT2D eigenvalue weighted by Gasteiger charge is -2.32. The predicted octanol–water partition coefficient (Wildman–Crippen LogP) is 8.06. The summed E-state index contributed by atoms with van der Waals surface area (Å²) < 4.78 is 3.61. The molecule has 5 aromatic rings. The molecule has 194 valence electrons. The Bertz CT molecular complexity index is 2080. The Morgan fingerprint density at radius 3 is 2.40 bits per heavy atom. The molecule has 1 N–H and O–H groups in total. The molecule has 0 bridgehead atoms. The number of hydrogen-bond donors (Lipinski definition) is 1. The zero-order valence-electron chi connectivity index (χ0n) is 21.7. The molecule has 1 aliphatic carbocycles. The minimum absolute atomic E-state index is 0.00836. The SMILES string of the molecule is O=C1C(C2=C3Sc4c(ccc5ccccc45)N3CCC2)=C(O)/C1=C1/CCC[n+]2c1sc1c3ccccc3ccc12. The first kappa shape index (κ1) is 22.9. The summed E-state index contributed by atoms with van der Waals surface area (Å²) in [7, 11) is 0. The van der Waals surface area contributed by atoms with Crippen LogP contribution in [-0.2, 0) is 11.3 Å². The van der Waals surface area contributed by atoms with Crippen molar-refractivity contribution >= 4 is 71.9 Å². The fourth-order valence-electron chi connectivity index (χ4n) is 6.99. The van der Waals surface area contributed by atoms with Crippen molar-refractivity contribution in [2.75, 3.05) is 11.4 Å². The summed E-state index contributed by atoms with van der Waals surface area (Å²) in [6.45, 7) is 1.87. The third-order valence-electron chi connectivity index (χ3n) is 8.85. The minimum atomic E-state index is 0.00836. The summed E-state index contributed by atoms with van der Waals surface area (Å²) in [5.74, 6) is 0.204. The Hall–Kier alpha value is -3.87. The molecule has 9 rings (SSSR count). The van der Waals surface area contributed by atoms with E-state index in [2.05, 4.69) is 82.3 Å². The van der Waals surface area contributed by atoms with Gasteiger partial charge in [0, 0.05) is 29.3 Å². The molecule has 6 heteroatoms. The molecular weight excluding hydrogens is 533 g/mol. The van der Waals surface area contributed by atoms with Crippen LogP contribution in [-0.4, -0.2) is 17.4 Å². The van der Waals surface area contributed by atoms with Gasteiger partial charge in [0.15, 0.2) is 6.54 Å². The summed E-state index contributed by atoms with van der Waals surface area (Å²) >= 11 is 3.52. The highest BCUT2D eigenvalue weighted by Gasteiger charge is 2.45. The summed E-state index contributed by atoms with van der Waals surface area (Å²) in [4.78, 5) is 17.5. The van der Waals surface area contributed by atoms with E-state index in [-0.39, 0.29) is 11.5 Å². The first-order chi connectivity index (χ1) is 19.7. The smallest absolute Gasteiger partial charge is 0.266 e. The number of Topliss-reactive ketones (excluding diaryl/α,β-unsaturated/α-hetero) is 1.